The van der Waals surface area contributed by atoms with Gasteiger partial charge in [0.2, 0.25) is 0 Å². The molecule has 0 bridgehead atoms. The number of aromatic nitrogens is 1. The van der Waals surface area contributed by atoms with Gasteiger partial charge >= 0.3 is 6.01 Å². The van der Waals surface area contributed by atoms with Crippen LogP contribution in [0.5, 0.6) is 0 Å². The zero-order chi connectivity index (χ0) is 17.8. The lowest BCUT2D eigenvalue weighted by Crippen LogP contribution is -2.14. The summed E-state index contributed by atoms with van der Waals surface area (Å²) in [6, 6.07) is 14.3. The third-order valence-corrected chi connectivity index (χ3v) is 3.76. The lowest BCUT2D eigenvalue weighted by atomic mass is 10.1. The molecule has 6 nitrogen and oxygen atoms in total. The van der Waals surface area contributed by atoms with Crippen LogP contribution < -0.4 is 10.6 Å². The van der Waals surface area contributed by atoms with Gasteiger partial charge in [-0.05, 0) is 49.2 Å². The van der Waals surface area contributed by atoms with Crippen LogP contribution in [0.15, 0.2) is 59.2 Å². The Hall–Kier alpha value is -3.41. The van der Waals surface area contributed by atoms with Crippen LogP contribution in [0.1, 0.15) is 32.0 Å². The smallest absolute Gasteiger partial charge is 0.302 e. The van der Waals surface area contributed by atoms with Crippen LogP contribution in [0.4, 0.5) is 11.7 Å². The van der Waals surface area contributed by atoms with E-state index >= 15 is 0 Å². The number of aryl methyl sites for hydroxylation is 2. The van der Waals surface area contributed by atoms with Gasteiger partial charge in [-0.2, -0.15) is 4.98 Å². The van der Waals surface area contributed by atoms with Crippen molar-refractivity contribution in [2.24, 2.45) is 0 Å². The molecule has 0 radical (unpaired) electrons. The molecule has 0 aliphatic carbocycles. The summed E-state index contributed by atoms with van der Waals surface area (Å²) < 4.78 is 5.15. The highest BCUT2D eigenvalue weighted by atomic mass is 16.4. The highest BCUT2D eigenvalue weighted by molar-refractivity contribution is 6.05. The Morgan fingerprint density at radius 1 is 0.920 bits per heavy atom. The van der Waals surface area contributed by atoms with E-state index in [0.29, 0.717) is 11.3 Å². The number of carbonyl (C=O) groups is 2. The molecule has 6 heteroatoms. The number of hydrogen-bond donors (Lipinski definition) is 2. The normalized spacial score (nSPS) is 10.3. The average molecular weight is 335 g/mol. The first-order chi connectivity index (χ1) is 12.0. The molecule has 0 aliphatic rings. The molecule has 3 rings (SSSR count). The number of hydrogen-bond acceptors (Lipinski definition) is 4. The molecule has 0 fully saturated rings. The number of amides is 2. The predicted molar refractivity (Wildman–Crippen MR) is 94.8 cm³/mol. The summed E-state index contributed by atoms with van der Waals surface area (Å²) in [7, 11) is 0. The van der Waals surface area contributed by atoms with Crippen molar-refractivity contribution in [2.75, 3.05) is 10.6 Å². The van der Waals surface area contributed by atoms with E-state index in [9.17, 15) is 9.59 Å². The molecule has 0 saturated heterocycles. The van der Waals surface area contributed by atoms with Crippen molar-refractivity contribution in [2.45, 2.75) is 13.8 Å². The van der Waals surface area contributed by atoms with E-state index < -0.39 is 5.91 Å². The number of benzene rings is 2. The van der Waals surface area contributed by atoms with Gasteiger partial charge in [0.1, 0.15) is 6.26 Å². The Morgan fingerprint density at radius 2 is 1.68 bits per heavy atom. The molecule has 0 saturated carbocycles. The monoisotopic (exact) mass is 335 g/mol. The maximum absolute atomic E-state index is 12.2. The van der Waals surface area contributed by atoms with Crippen molar-refractivity contribution in [3.05, 3.63) is 77.2 Å². The minimum atomic E-state index is -0.410. The molecule has 1 aromatic heterocycles. The average Bonchev–Trinajstić information content (AvgIpc) is 3.07. The summed E-state index contributed by atoms with van der Waals surface area (Å²) in [5.41, 5.74) is 3.45. The minimum Gasteiger partial charge on any atom is -0.431 e. The van der Waals surface area contributed by atoms with E-state index in [4.69, 9.17) is 4.42 Å². The fraction of sp³-hybridized carbons (Fsp3) is 0.105. The van der Waals surface area contributed by atoms with E-state index in [0.717, 1.165) is 11.1 Å². The van der Waals surface area contributed by atoms with Crippen molar-refractivity contribution >= 4 is 23.5 Å². The Morgan fingerprint density at radius 3 is 2.40 bits per heavy atom. The quantitative estimate of drug-likeness (QED) is 0.759. The Balaban J connectivity index is 1.67. The molecular formula is C19H17N3O3. The summed E-state index contributed by atoms with van der Waals surface area (Å²) in [5.74, 6) is -0.768. The lowest BCUT2D eigenvalue weighted by molar-refractivity contribution is 0.101. The van der Waals surface area contributed by atoms with Gasteiger partial charge in [-0.25, -0.2) is 0 Å². The molecule has 0 aliphatic heterocycles. The summed E-state index contributed by atoms with van der Waals surface area (Å²) in [5, 5.41) is 5.27. The van der Waals surface area contributed by atoms with Gasteiger partial charge in [0.05, 0.1) is 0 Å². The van der Waals surface area contributed by atoms with E-state index in [1.807, 2.05) is 38.1 Å². The molecule has 25 heavy (non-hydrogen) atoms. The van der Waals surface area contributed by atoms with Crippen molar-refractivity contribution in [3.8, 4) is 0 Å². The predicted octanol–water partition coefficient (Wildman–Crippen LogP) is 3.80. The summed E-state index contributed by atoms with van der Waals surface area (Å²) in [4.78, 5) is 28.3. The third-order valence-electron chi connectivity index (χ3n) is 3.76. The molecule has 1 heterocycles. The maximum atomic E-state index is 12.2. The summed E-state index contributed by atoms with van der Waals surface area (Å²) >= 11 is 0. The molecule has 0 spiro atoms. The molecule has 2 N–H and O–H groups in total. The minimum absolute atomic E-state index is 0.0286. The lowest BCUT2D eigenvalue weighted by Gasteiger charge is -2.05. The second-order valence-corrected chi connectivity index (χ2v) is 5.61. The van der Waals surface area contributed by atoms with Gasteiger partial charge < -0.3 is 9.73 Å². The van der Waals surface area contributed by atoms with Crippen LogP contribution >= 0.6 is 0 Å². The second kappa shape index (κ2) is 7.00. The largest absolute Gasteiger partial charge is 0.431 e. The third kappa shape index (κ3) is 3.92. The van der Waals surface area contributed by atoms with Gasteiger partial charge in [0.25, 0.3) is 11.8 Å². The molecule has 2 aromatic carbocycles. The molecular weight excluding hydrogens is 318 g/mol. The Kier molecular flexibility index (Phi) is 4.61. The van der Waals surface area contributed by atoms with Crippen LogP contribution in [0, 0.1) is 13.8 Å². The van der Waals surface area contributed by atoms with Crippen molar-refractivity contribution in [1.82, 2.24) is 4.98 Å². The first-order valence-corrected chi connectivity index (χ1v) is 7.73. The van der Waals surface area contributed by atoms with Crippen molar-refractivity contribution in [1.29, 1.82) is 0 Å². The fourth-order valence-electron chi connectivity index (χ4n) is 2.21. The van der Waals surface area contributed by atoms with Crippen LogP contribution in [-0.2, 0) is 0 Å². The number of anilines is 2. The second-order valence-electron chi connectivity index (χ2n) is 5.61. The van der Waals surface area contributed by atoms with Gasteiger partial charge in [0, 0.05) is 11.3 Å². The van der Waals surface area contributed by atoms with Crippen LogP contribution in [-0.4, -0.2) is 16.8 Å². The Labute approximate surface area is 144 Å². The maximum Gasteiger partial charge on any atom is 0.302 e. The van der Waals surface area contributed by atoms with Crippen molar-refractivity contribution in [3.63, 3.8) is 0 Å². The highest BCUT2D eigenvalue weighted by Gasteiger charge is 2.15. The van der Waals surface area contributed by atoms with E-state index in [2.05, 4.69) is 15.6 Å². The zero-order valence-corrected chi connectivity index (χ0v) is 13.9. The van der Waals surface area contributed by atoms with Crippen molar-refractivity contribution < 1.29 is 14.0 Å². The van der Waals surface area contributed by atoms with Gasteiger partial charge in [-0.15, -0.1) is 0 Å². The standard InChI is InChI=1S/C19H17N3O3/c1-12-8-9-15(10-13(12)2)20-18(24)16-11-25-19(21-16)22-17(23)14-6-4-3-5-7-14/h3-11H,1-2H3,(H,20,24)(H,21,22,23). The van der Waals surface area contributed by atoms with Crippen LogP contribution in [0.2, 0.25) is 0 Å². The molecule has 3 aromatic rings. The highest BCUT2D eigenvalue weighted by Crippen LogP contribution is 2.16. The van der Waals surface area contributed by atoms with Gasteiger partial charge in [-0.1, -0.05) is 24.3 Å². The fourth-order valence-corrected chi connectivity index (χ4v) is 2.21. The Bertz CT molecular complexity index is 917. The van der Waals surface area contributed by atoms with E-state index in [-0.39, 0.29) is 17.6 Å². The van der Waals surface area contributed by atoms with Crippen LogP contribution in [0.3, 0.4) is 0 Å². The number of rotatable bonds is 4. The first kappa shape index (κ1) is 16.4. The molecule has 2 amide bonds. The summed E-state index contributed by atoms with van der Waals surface area (Å²) in [6.45, 7) is 3.97. The van der Waals surface area contributed by atoms with E-state index in [1.54, 1.807) is 24.3 Å². The SMILES string of the molecule is Cc1ccc(NC(=O)c2coc(NC(=O)c3ccccc3)n2)cc1C. The van der Waals surface area contributed by atoms with Gasteiger partial charge in [0.15, 0.2) is 5.69 Å². The molecule has 0 atom stereocenters. The first-order valence-electron chi connectivity index (χ1n) is 7.73. The van der Waals surface area contributed by atoms with E-state index in [1.165, 1.54) is 6.26 Å². The van der Waals surface area contributed by atoms with Crippen LogP contribution in [0.25, 0.3) is 0 Å². The topological polar surface area (TPSA) is 84.2 Å². The number of carbonyl (C=O) groups excluding carboxylic acids is 2. The number of oxazole rings is 1. The number of nitrogens with zero attached hydrogens (tertiary/aromatic N) is 1. The van der Waals surface area contributed by atoms with Gasteiger partial charge in [-0.3, -0.25) is 14.9 Å². The summed E-state index contributed by atoms with van der Waals surface area (Å²) in [6.07, 6.45) is 1.21. The zero-order valence-electron chi connectivity index (χ0n) is 13.9. The molecule has 126 valence electrons. The number of nitrogens with one attached hydrogen (secondary N) is 2. The molecule has 0 unspecified atom stereocenters.